The predicted molar refractivity (Wildman–Crippen MR) is 60.0 cm³/mol. The molecule has 16 heavy (non-hydrogen) atoms. The molecule has 0 aliphatic carbocycles. The number of rotatable bonds is 9. The molecule has 0 bridgehead atoms. The molecule has 1 amide bonds. The topological polar surface area (TPSA) is 64.6 Å². The van der Waals surface area contributed by atoms with Gasteiger partial charge in [-0.15, -0.1) is 0 Å². The maximum absolute atomic E-state index is 11.2. The van der Waals surface area contributed by atoms with E-state index in [1.165, 1.54) is 7.11 Å². The number of methoxy groups -OCH3 is 1. The van der Waals surface area contributed by atoms with Gasteiger partial charge in [0.25, 0.3) is 0 Å². The third-order valence-corrected chi connectivity index (χ3v) is 1.96. The van der Waals surface area contributed by atoms with Crippen molar-refractivity contribution in [2.75, 3.05) is 26.9 Å². The molecule has 0 saturated heterocycles. The summed E-state index contributed by atoms with van der Waals surface area (Å²) >= 11 is 0. The van der Waals surface area contributed by atoms with E-state index < -0.39 is 0 Å². The van der Waals surface area contributed by atoms with E-state index in [4.69, 9.17) is 9.47 Å². The average molecular weight is 231 g/mol. The van der Waals surface area contributed by atoms with E-state index in [1.807, 2.05) is 0 Å². The molecule has 5 heteroatoms. The van der Waals surface area contributed by atoms with Crippen LogP contribution in [0.25, 0.3) is 0 Å². The molecule has 0 fully saturated rings. The van der Waals surface area contributed by atoms with E-state index in [9.17, 15) is 9.59 Å². The fourth-order valence-corrected chi connectivity index (χ4v) is 1.02. The van der Waals surface area contributed by atoms with Crippen LogP contribution in [0.2, 0.25) is 0 Å². The molecule has 5 nitrogen and oxygen atoms in total. The summed E-state index contributed by atoms with van der Waals surface area (Å²) in [5, 5.41) is 2.73. The number of ether oxygens (including phenoxy) is 2. The number of unbranched alkanes of at least 4 members (excludes halogenated alkanes) is 1. The van der Waals surface area contributed by atoms with Crippen LogP contribution in [0.1, 0.15) is 32.6 Å². The van der Waals surface area contributed by atoms with Crippen molar-refractivity contribution < 1.29 is 19.1 Å². The Morgan fingerprint density at radius 1 is 1.19 bits per heavy atom. The summed E-state index contributed by atoms with van der Waals surface area (Å²) in [5.41, 5.74) is 0. The number of esters is 1. The van der Waals surface area contributed by atoms with E-state index in [0.29, 0.717) is 13.2 Å². The van der Waals surface area contributed by atoms with Gasteiger partial charge < -0.3 is 14.8 Å². The molecule has 0 spiro atoms. The van der Waals surface area contributed by atoms with Crippen LogP contribution in [0, 0.1) is 0 Å². The Kier molecular flexibility index (Phi) is 9.70. The molecule has 0 saturated carbocycles. The highest BCUT2D eigenvalue weighted by Crippen LogP contribution is 1.93. The molecule has 0 radical (unpaired) electrons. The molecule has 1 N–H and O–H groups in total. The summed E-state index contributed by atoms with van der Waals surface area (Å²) in [4.78, 5) is 22.3. The van der Waals surface area contributed by atoms with E-state index in [1.54, 1.807) is 0 Å². The van der Waals surface area contributed by atoms with Crippen LogP contribution in [-0.2, 0) is 19.1 Å². The molecular formula is C11H21NO4. The van der Waals surface area contributed by atoms with Crippen LogP contribution in [0.5, 0.6) is 0 Å². The molecular weight excluding hydrogens is 210 g/mol. The van der Waals surface area contributed by atoms with E-state index in [0.717, 1.165) is 12.8 Å². The highest BCUT2D eigenvalue weighted by atomic mass is 16.6. The molecule has 0 unspecified atom stereocenters. The maximum Gasteiger partial charge on any atom is 0.306 e. The zero-order valence-electron chi connectivity index (χ0n) is 10.1. The van der Waals surface area contributed by atoms with Crippen molar-refractivity contribution in [3.05, 3.63) is 0 Å². The largest absolute Gasteiger partial charge is 0.463 e. The second-order valence-electron chi connectivity index (χ2n) is 3.42. The van der Waals surface area contributed by atoms with Gasteiger partial charge in [-0.2, -0.15) is 0 Å². The van der Waals surface area contributed by atoms with Crippen molar-refractivity contribution in [2.45, 2.75) is 32.6 Å². The normalized spacial score (nSPS) is 9.88. The summed E-state index contributed by atoms with van der Waals surface area (Å²) in [7, 11) is 1.54. The van der Waals surface area contributed by atoms with Gasteiger partial charge in [0.15, 0.2) is 0 Å². The lowest BCUT2D eigenvalue weighted by Crippen LogP contribution is -2.25. The van der Waals surface area contributed by atoms with Gasteiger partial charge in [-0.1, -0.05) is 13.3 Å². The molecule has 0 aromatic heterocycles. The first kappa shape index (κ1) is 14.9. The van der Waals surface area contributed by atoms with Crippen molar-refractivity contribution in [1.82, 2.24) is 5.32 Å². The molecule has 0 heterocycles. The van der Waals surface area contributed by atoms with Gasteiger partial charge in [0, 0.05) is 20.1 Å². The van der Waals surface area contributed by atoms with E-state index >= 15 is 0 Å². The standard InChI is InChI=1S/C11H21NO4/c1-3-4-7-12-10(13)5-6-11(14)16-9-8-15-2/h3-9H2,1-2H3,(H,12,13). The molecule has 0 aliphatic rings. The van der Waals surface area contributed by atoms with Crippen molar-refractivity contribution in [3.8, 4) is 0 Å². The van der Waals surface area contributed by atoms with Gasteiger partial charge in [-0.25, -0.2) is 0 Å². The van der Waals surface area contributed by atoms with Crippen molar-refractivity contribution >= 4 is 11.9 Å². The predicted octanol–water partition coefficient (Wildman–Crippen LogP) is 0.872. The molecule has 0 aromatic rings. The third kappa shape index (κ3) is 9.45. The van der Waals surface area contributed by atoms with Gasteiger partial charge in [-0.05, 0) is 6.42 Å². The smallest absolute Gasteiger partial charge is 0.306 e. The Labute approximate surface area is 96.5 Å². The van der Waals surface area contributed by atoms with Crippen molar-refractivity contribution in [3.63, 3.8) is 0 Å². The maximum atomic E-state index is 11.2. The lowest BCUT2D eigenvalue weighted by molar-refractivity contribution is -0.146. The summed E-state index contributed by atoms with van der Waals surface area (Å²) in [6, 6.07) is 0. The first-order valence-electron chi connectivity index (χ1n) is 5.62. The Morgan fingerprint density at radius 2 is 1.94 bits per heavy atom. The van der Waals surface area contributed by atoms with Crippen LogP contribution < -0.4 is 5.32 Å². The highest BCUT2D eigenvalue weighted by Gasteiger charge is 2.06. The molecule has 94 valence electrons. The summed E-state index contributed by atoms with van der Waals surface area (Å²) in [5.74, 6) is -0.458. The average Bonchev–Trinajstić information content (AvgIpc) is 2.27. The second kappa shape index (κ2) is 10.4. The first-order chi connectivity index (χ1) is 7.70. The lowest BCUT2D eigenvalue weighted by atomic mass is 10.3. The molecule has 0 aromatic carbocycles. The van der Waals surface area contributed by atoms with Crippen LogP contribution >= 0.6 is 0 Å². The van der Waals surface area contributed by atoms with Gasteiger partial charge in [0.2, 0.25) is 5.91 Å². The molecule has 0 atom stereocenters. The van der Waals surface area contributed by atoms with Gasteiger partial charge in [0.05, 0.1) is 13.0 Å². The first-order valence-corrected chi connectivity index (χ1v) is 5.62. The minimum atomic E-state index is -0.359. The molecule has 0 aliphatic heterocycles. The van der Waals surface area contributed by atoms with Gasteiger partial charge >= 0.3 is 5.97 Å². The van der Waals surface area contributed by atoms with Crippen LogP contribution in [-0.4, -0.2) is 38.7 Å². The summed E-state index contributed by atoms with van der Waals surface area (Å²) < 4.78 is 9.54. The van der Waals surface area contributed by atoms with Gasteiger partial charge in [0.1, 0.15) is 6.61 Å². The van der Waals surface area contributed by atoms with Crippen molar-refractivity contribution in [2.24, 2.45) is 0 Å². The summed E-state index contributed by atoms with van der Waals surface area (Å²) in [6.07, 6.45) is 2.32. The van der Waals surface area contributed by atoms with E-state index in [2.05, 4.69) is 12.2 Å². The monoisotopic (exact) mass is 231 g/mol. The Bertz CT molecular complexity index is 184. The second-order valence-corrected chi connectivity index (χ2v) is 3.42. The number of hydrogen-bond acceptors (Lipinski definition) is 4. The molecule has 0 rings (SSSR count). The number of nitrogens with one attached hydrogen (secondary N) is 1. The quantitative estimate of drug-likeness (QED) is 0.472. The zero-order chi connectivity index (χ0) is 12.2. The van der Waals surface area contributed by atoms with Gasteiger partial charge in [-0.3, -0.25) is 9.59 Å². The van der Waals surface area contributed by atoms with Crippen LogP contribution in [0.3, 0.4) is 0 Å². The third-order valence-electron chi connectivity index (χ3n) is 1.96. The Morgan fingerprint density at radius 3 is 2.56 bits per heavy atom. The number of hydrogen-bond donors (Lipinski definition) is 1. The highest BCUT2D eigenvalue weighted by molar-refractivity contribution is 5.81. The number of amides is 1. The van der Waals surface area contributed by atoms with Crippen LogP contribution in [0.4, 0.5) is 0 Å². The van der Waals surface area contributed by atoms with Crippen molar-refractivity contribution in [1.29, 1.82) is 0 Å². The number of carbonyl (C=O) groups excluding carboxylic acids is 2. The minimum absolute atomic E-state index is 0.0999. The fourth-order valence-electron chi connectivity index (χ4n) is 1.02. The Balaban J connectivity index is 3.40. The zero-order valence-corrected chi connectivity index (χ0v) is 10.1. The SMILES string of the molecule is CCCCNC(=O)CCC(=O)OCCOC. The van der Waals surface area contributed by atoms with E-state index in [-0.39, 0.29) is 31.3 Å². The minimum Gasteiger partial charge on any atom is -0.463 e. The fraction of sp³-hybridized carbons (Fsp3) is 0.818. The van der Waals surface area contributed by atoms with Crippen LogP contribution in [0.15, 0.2) is 0 Å². The number of carbonyl (C=O) groups is 2. The summed E-state index contributed by atoms with van der Waals surface area (Å²) in [6.45, 7) is 3.36. The lowest BCUT2D eigenvalue weighted by Gasteiger charge is -2.05. The Hall–Kier alpha value is -1.10.